The van der Waals surface area contributed by atoms with Gasteiger partial charge < -0.3 is 9.73 Å². The largest absolute Gasteiger partial charge is 0.464 e. The first-order chi connectivity index (χ1) is 10.2. The minimum absolute atomic E-state index is 0.115. The number of furan rings is 1. The number of rotatable bonds is 3. The second-order valence-electron chi connectivity index (χ2n) is 4.88. The van der Waals surface area contributed by atoms with Crippen LogP contribution in [0.3, 0.4) is 0 Å². The van der Waals surface area contributed by atoms with E-state index in [9.17, 15) is 4.79 Å². The number of anilines is 1. The van der Waals surface area contributed by atoms with Gasteiger partial charge >= 0.3 is 0 Å². The Balaban J connectivity index is 1.82. The molecule has 0 aliphatic heterocycles. The number of aryl methyl sites for hydroxylation is 1. The van der Waals surface area contributed by atoms with Crippen molar-refractivity contribution in [3.63, 3.8) is 0 Å². The van der Waals surface area contributed by atoms with E-state index in [-0.39, 0.29) is 5.91 Å². The predicted octanol–water partition coefficient (Wildman–Crippen LogP) is 4.51. The molecule has 0 saturated heterocycles. The zero-order valence-electron chi connectivity index (χ0n) is 11.7. The molecule has 0 saturated carbocycles. The fraction of sp³-hybridized carbons (Fsp3) is 0.0556. The molecule has 1 heterocycles. The second-order valence-corrected chi connectivity index (χ2v) is 4.88. The SMILES string of the molecule is Cc1cccc(C(=O)Nc2cccc(-c3ccco3)c2)c1. The molecule has 1 N–H and O–H groups in total. The maximum Gasteiger partial charge on any atom is 0.255 e. The summed E-state index contributed by atoms with van der Waals surface area (Å²) in [6.07, 6.45) is 1.63. The van der Waals surface area contributed by atoms with Crippen molar-refractivity contribution < 1.29 is 9.21 Å². The molecular formula is C18H15NO2. The maximum atomic E-state index is 12.2. The molecule has 1 amide bonds. The zero-order valence-corrected chi connectivity index (χ0v) is 11.7. The van der Waals surface area contributed by atoms with Gasteiger partial charge in [0.15, 0.2) is 0 Å². The fourth-order valence-electron chi connectivity index (χ4n) is 2.18. The highest BCUT2D eigenvalue weighted by atomic mass is 16.3. The monoisotopic (exact) mass is 277 g/mol. The van der Waals surface area contributed by atoms with E-state index < -0.39 is 0 Å². The molecule has 0 fully saturated rings. The van der Waals surface area contributed by atoms with Crippen LogP contribution in [-0.4, -0.2) is 5.91 Å². The van der Waals surface area contributed by atoms with E-state index in [2.05, 4.69) is 5.32 Å². The molecule has 3 aromatic rings. The summed E-state index contributed by atoms with van der Waals surface area (Å²) in [6, 6.07) is 18.8. The van der Waals surface area contributed by atoms with Crippen LogP contribution in [-0.2, 0) is 0 Å². The highest BCUT2D eigenvalue weighted by Gasteiger charge is 2.07. The number of carbonyl (C=O) groups excluding carboxylic acids is 1. The molecule has 0 aliphatic rings. The van der Waals surface area contributed by atoms with E-state index in [0.717, 1.165) is 22.6 Å². The molecule has 0 unspecified atom stereocenters. The molecule has 3 heteroatoms. The Hall–Kier alpha value is -2.81. The molecule has 0 atom stereocenters. The molecule has 3 rings (SSSR count). The quantitative estimate of drug-likeness (QED) is 0.765. The summed E-state index contributed by atoms with van der Waals surface area (Å²) in [7, 11) is 0. The van der Waals surface area contributed by atoms with Crippen LogP contribution >= 0.6 is 0 Å². The van der Waals surface area contributed by atoms with E-state index >= 15 is 0 Å². The Kier molecular flexibility index (Phi) is 3.56. The summed E-state index contributed by atoms with van der Waals surface area (Å²) in [4.78, 5) is 12.2. The lowest BCUT2D eigenvalue weighted by atomic mass is 10.1. The summed E-state index contributed by atoms with van der Waals surface area (Å²) in [5.41, 5.74) is 3.39. The molecule has 0 bridgehead atoms. The lowest BCUT2D eigenvalue weighted by Gasteiger charge is -2.07. The van der Waals surface area contributed by atoms with Gasteiger partial charge in [-0.15, -0.1) is 0 Å². The van der Waals surface area contributed by atoms with Crippen molar-refractivity contribution >= 4 is 11.6 Å². The van der Waals surface area contributed by atoms with E-state index in [1.54, 1.807) is 12.3 Å². The predicted molar refractivity (Wildman–Crippen MR) is 83.3 cm³/mol. The minimum Gasteiger partial charge on any atom is -0.464 e. The maximum absolute atomic E-state index is 12.2. The van der Waals surface area contributed by atoms with Crippen molar-refractivity contribution in [2.75, 3.05) is 5.32 Å². The summed E-state index contributed by atoms with van der Waals surface area (Å²) in [6.45, 7) is 1.97. The summed E-state index contributed by atoms with van der Waals surface area (Å²) < 4.78 is 5.37. The van der Waals surface area contributed by atoms with Crippen LogP contribution < -0.4 is 5.32 Å². The van der Waals surface area contributed by atoms with Gasteiger partial charge in [-0.1, -0.05) is 29.8 Å². The first-order valence-electron chi connectivity index (χ1n) is 6.74. The zero-order chi connectivity index (χ0) is 14.7. The van der Waals surface area contributed by atoms with Crippen LogP contribution in [0.4, 0.5) is 5.69 Å². The van der Waals surface area contributed by atoms with Crippen LogP contribution in [0.15, 0.2) is 71.3 Å². The van der Waals surface area contributed by atoms with Gasteiger partial charge in [0.2, 0.25) is 0 Å². The van der Waals surface area contributed by atoms with Gasteiger partial charge in [0.25, 0.3) is 5.91 Å². The normalized spacial score (nSPS) is 10.3. The van der Waals surface area contributed by atoms with Crippen LogP contribution in [0.2, 0.25) is 0 Å². The van der Waals surface area contributed by atoms with E-state index in [1.165, 1.54) is 0 Å². The van der Waals surface area contributed by atoms with E-state index in [4.69, 9.17) is 4.42 Å². The Labute approximate surface area is 123 Å². The van der Waals surface area contributed by atoms with Gasteiger partial charge in [-0.3, -0.25) is 4.79 Å². The van der Waals surface area contributed by atoms with Gasteiger partial charge in [-0.25, -0.2) is 0 Å². The average molecular weight is 277 g/mol. The summed E-state index contributed by atoms with van der Waals surface area (Å²) in [5.74, 6) is 0.664. The Morgan fingerprint density at radius 1 is 1.00 bits per heavy atom. The molecule has 21 heavy (non-hydrogen) atoms. The average Bonchev–Trinajstić information content (AvgIpc) is 3.02. The first kappa shape index (κ1) is 13.2. The number of amides is 1. The number of nitrogens with one attached hydrogen (secondary N) is 1. The minimum atomic E-state index is -0.115. The third-order valence-electron chi connectivity index (χ3n) is 3.21. The third kappa shape index (κ3) is 3.03. The van der Waals surface area contributed by atoms with Crippen molar-refractivity contribution in [1.29, 1.82) is 0 Å². The number of hydrogen-bond donors (Lipinski definition) is 1. The standard InChI is InChI=1S/C18H15NO2/c1-13-5-2-7-15(11-13)18(20)19-16-8-3-6-14(12-16)17-9-4-10-21-17/h2-12H,1H3,(H,19,20). The first-order valence-corrected chi connectivity index (χ1v) is 6.74. The van der Waals surface area contributed by atoms with Gasteiger partial charge in [-0.05, 0) is 43.3 Å². The van der Waals surface area contributed by atoms with Crippen molar-refractivity contribution in [2.45, 2.75) is 6.92 Å². The van der Waals surface area contributed by atoms with Gasteiger partial charge in [0.1, 0.15) is 5.76 Å². The van der Waals surface area contributed by atoms with Gasteiger partial charge in [-0.2, -0.15) is 0 Å². The van der Waals surface area contributed by atoms with Crippen LogP contribution in [0.25, 0.3) is 11.3 Å². The molecule has 0 spiro atoms. The van der Waals surface area contributed by atoms with Crippen molar-refractivity contribution in [1.82, 2.24) is 0 Å². The molecule has 0 aliphatic carbocycles. The van der Waals surface area contributed by atoms with Crippen LogP contribution in [0, 0.1) is 6.92 Å². The molecule has 1 aromatic heterocycles. The van der Waals surface area contributed by atoms with Crippen molar-refractivity contribution in [3.8, 4) is 11.3 Å². The summed E-state index contributed by atoms with van der Waals surface area (Å²) >= 11 is 0. The molecule has 2 aromatic carbocycles. The van der Waals surface area contributed by atoms with E-state index in [0.29, 0.717) is 5.56 Å². The fourth-order valence-corrected chi connectivity index (χ4v) is 2.18. The van der Waals surface area contributed by atoms with Gasteiger partial charge in [0, 0.05) is 16.8 Å². The Morgan fingerprint density at radius 2 is 1.86 bits per heavy atom. The second kappa shape index (κ2) is 5.67. The van der Waals surface area contributed by atoms with Crippen molar-refractivity contribution in [3.05, 3.63) is 78.1 Å². The highest BCUT2D eigenvalue weighted by Crippen LogP contribution is 2.23. The van der Waals surface area contributed by atoms with Gasteiger partial charge in [0.05, 0.1) is 6.26 Å². The van der Waals surface area contributed by atoms with E-state index in [1.807, 2.05) is 61.5 Å². The summed E-state index contributed by atoms with van der Waals surface area (Å²) in [5, 5.41) is 2.91. The molecule has 104 valence electrons. The number of benzene rings is 2. The topological polar surface area (TPSA) is 42.2 Å². The lowest BCUT2D eigenvalue weighted by molar-refractivity contribution is 0.102. The number of hydrogen-bond acceptors (Lipinski definition) is 2. The van der Waals surface area contributed by atoms with Crippen molar-refractivity contribution in [2.24, 2.45) is 0 Å². The van der Waals surface area contributed by atoms with Crippen LogP contribution in [0.5, 0.6) is 0 Å². The lowest BCUT2D eigenvalue weighted by Crippen LogP contribution is -2.11. The Bertz CT molecular complexity index is 760. The molecular weight excluding hydrogens is 262 g/mol. The third-order valence-corrected chi connectivity index (χ3v) is 3.21. The number of carbonyl (C=O) groups is 1. The smallest absolute Gasteiger partial charge is 0.255 e. The molecule has 0 radical (unpaired) electrons. The van der Waals surface area contributed by atoms with Crippen LogP contribution in [0.1, 0.15) is 15.9 Å². The highest BCUT2D eigenvalue weighted by molar-refractivity contribution is 6.04. The molecule has 3 nitrogen and oxygen atoms in total. The Morgan fingerprint density at radius 3 is 2.62 bits per heavy atom.